The van der Waals surface area contributed by atoms with Gasteiger partial charge in [-0.3, -0.25) is 5.32 Å². The molecule has 3 nitrogen and oxygen atoms in total. The lowest BCUT2D eigenvalue weighted by molar-refractivity contribution is -0.137. The fraction of sp³-hybridized carbons (Fsp3) is 0.278. The molecule has 0 atom stereocenters. The molecular weight excluding hydrogens is 319 g/mol. The summed E-state index contributed by atoms with van der Waals surface area (Å²) in [6.45, 7) is 2.12. The van der Waals surface area contributed by atoms with E-state index < -0.39 is 17.8 Å². The van der Waals surface area contributed by atoms with E-state index >= 15 is 0 Å². The highest BCUT2D eigenvalue weighted by Crippen LogP contribution is 2.30. The molecular formula is C18H18F3NO2. The smallest absolute Gasteiger partial charge is 0.410 e. The van der Waals surface area contributed by atoms with Crippen molar-refractivity contribution in [3.05, 3.63) is 59.7 Å². The molecule has 2 aromatic carbocycles. The van der Waals surface area contributed by atoms with Gasteiger partial charge in [0.05, 0.1) is 5.56 Å². The summed E-state index contributed by atoms with van der Waals surface area (Å²) in [5.41, 5.74) is 0.948. The van der Waals surface area contributed by atoms with Crippen LogP contribution < -0.4 is 10.1 Å². The van der Waals surface area contributed by atoms with Gasteiger partial charge in [-0.1, -0.05) is 25.5 Å². The number of unbranched alkanes of at least 4 members (excludes halogenated alkanes) is 1. The van der Waals surface area contributed by atoms with Crippen LogP contribution in [0.15, 0.2) is 48.5 Å². The SMILES string of the molecule is CCCCc1ccc(NC(=O)Oc2ccc(C(F)(F)F)cc2)cc1. The number of hydrogen-bond donors (Lipinski definition) is 1. The minimum absolute atomic E-state index is 0.0417. The van der Waals surface area contributed by atoms with E-state index in [0.29, 0.717) is 5.69 Å². The zero-order valence-corrected chi connectivity index (χ0v) is 13.2. The Balaban J connectivity index is 1.91. The number of nitrogens with one attached hydrogen (secondary N) is 1. The molecule has 0 fully saturated rings. The molecule has 2 aromatic rings. The highest BCUT2D eigenvalue weighted by Gasteiger charge is 2.30. The number of rotatable bonds is 5. The van der Waals surface area contributed by atoms with Gasteiger partial charge in [-0.25, -0.2) is 4.79 Å². The summed E-state index contributed by atoms with van der Waals surface area (Å²) in [5.74, 6) is 0.0417. The molecule has 0 heterocycles. The number of amides is 1. The molecule has 1 N–H and O–H groups in total. The van der Waals surface area contributed by atoms with Gasteiger partial charge in [0.2, 0.25) is 0 Å². The molecule has 0 saturated carbocycles. The van der Waals surface area contributed by atoms with Crippen LogP contribution in [0.25, 0.3) is 0 Å². The molecule has 24 heavy (non-hydrogen) atoms. The second-order valence-electron chi connectivity index (χ2n) is 5.34. The van der Waals surface area contributed by atoms with E-state index in [1.54, 1.807) is 12.1 Å². The Labute approximate surface area is 138 Å². The topological polar surface area (TPSA) is 38.3 Å². The van der Waals surface area contributed by atoms with Crippen LogP contribution in [-0.2, 0) is 12.6 Å². The first-order valence-corrected chi connectivity index (χ1v) is 7.63. The lowest BCUT2D eigenvalue weighted by Gasteiger charge is -2.09. The van der Waals surface area contributed by atoms with Crippen LogP contribution in [-0.4, -0.2) is 6.09 Å². The summed E-state index contributed by atoms with van der Waals surface area (Å²) < 4.78 is 42.3. The number of ether oxygens (including phenoxy) is 1. The number of alkyl halides is 3. The van der Waals surface area contributed by atoms with Crippen molar-refractivity contribution in [3.63, 3.8) is 0 Å². The Bertz CT molecular complexity index is 664. The number of aryl methyl sites for hydroxylation is 1. The quantitative estimate of drug-likeness (QED) is 0.764. The Morgan fingerprint density at radius 3 is 2.21 bits per heavy atom. The van der Waals surface area contributed by atoms with E-state index in [4.69, 9.17) is 4.74 Å². The van der Waals surface area contributed by atoms with Gasteiger partial charge in [0.15, 0.2) is 0 Å². The van der Waals surface area contributed by atoms with Crippen molar-refractivity contribution in [3.8, 4) is 5.75 Å². The molecule has 128 valence electrons. The van der Waals surface area contributed by atoms with Crippen LogP contribution in [0.2, 0.25) is 0 Å². The first-order valence-electron chi connectivity index (χ1n) is 7.63. The molecule has 0 aliphatic heterocycles. The van der Waals surface area contributed by atoms with Crippen molar-refractivity contribution < 1.29 is 22.7 Å². The Morgan fingerprint density at radius 2 is 1.67 bits per heavy atom. The summed E-state index contributed by atoms with van der Waals surface area (Å²) in [4.78, 5) is 11.8. The van der Waals surface area contributed by atoms with Crippen molar-refractivity contribution in [2.75, 3.05) is 5.32 Å². The van der Waals surface area contributed by atoms with Crippen LogP contribution >= 0.6 is 0 Å². The molecule has 0 spiro atoms. The second kappa shape index (κ2) is 7.86. The summed E-state index contributed by atoms with van der Waals surface area (Å²) in [5, 5.41) is 2.54. The first kappa shape index (κ1) is 17.8. The molecule has 0 saturated heterocycles. The molecule has 0 aliphatic carbocycles. The van der Waals surface area contributed by atoms with E-state index in [9.17, 15) is 18.0 Å². The zero-order valence-electron chi connectivity index (χ0n) is 13.2. The number of anilines is 1. The van der Waals surface area contributed by atoms with Gasteiger partial charge in [-0.2, -0.15) is 13.2 Å². The van der Waals surface area contributed by atoms with Gasteiger partial charge in [0.1, 0.15) is 5.75 Å². The lowest BCUT2D eigenvalue weighted by atomic mass is 10.1. The van der Waals surface area contributed by atoms with Crippen molar-refractivity contribution in [2.45, 2.75) is 32.4 Å². The zero-order chi connectivity index (χ0) is 17.6. The van der Waals surface area contributed by atoms with Gasteiger partial charge < -0.3 is 4.74 Å². The predicted octanol–water partition coefficient (Wildman–Crippen LogP) is 5.66. The van der Waals surface area contributed by atoms with Crippen LogP contribution in [0.4, 0.5) is 23.7 Å². The summed E-state index contributed by atoms with van der Waals surface area (Å²) in [6.07, 6.45) is -1.98. The van der Waals surface area contributed by atoms with E-state index in [1.807, 2.05) is 12.1 Å². The summed E-state index contributed by atoms with van der Waals surface area (Å²) in [7, 11) is 0. The maximum absolute atomic E-state index is 12.5. The lowest BCUT2D eigenvalue weighted by Crippen LogP contribution is -2.16. The van der Waals surface area contributed by atoms with E-state index in [2.05, 4.69) is 12.2 Å². The van der Waals surface area contributed by atoms with Gasteiger partial charge in [-0.05, 0) is 54.8 Å². The minimum atomic E-state index is -4.42. The number of halogens is 3. The molecule has 0 bridgehead atoms. The van der Waals surface area contributed by atoms with E-state index in [0.717, 1.165) is 43.5 Å². The van der Waals surface area contributed by atoms with Gasteiger partial charge >= 0.3 is 12.3 Å². The minimum Gasteiger partial charge on any atom is -0.410 e. The van der Waals surface area contributed by atoms with Gasteiger partial charge in [0.25, 0.3) is 0 Å². The van der Waals surface area contributed by atoms with Crippen molar-refractivity contribution >= 4 is 11.8 Å². The fourth-order valence-corrected chi connectivity index (χ4v) is 2.10. The maximum atomic E-state index is 12.5. The van der Waals surface area contributed by atoms with Crippen LogP contribution in [0.3, 0.4) is 0 Å². The number of benzene rings is 2. The summed E-state index contributed by atoms with van der Waals surface area (Å²) >= 11 is 0. The van der Waals surface area contributed by atoms with Crippen LogP contribution in [0, 0.1) is 0 Å². The predicted molar refractivity (Wildman–Crippen MR) is 86.1 cm³/mol. The fourth-order valence-electron chi connectivity index (χ4n) is 2.10. The third-order valence-electron chi connectivity index (χ3n) is 3.41. The molecule has 1 amide bonds. The Hall–Kier alpha value is -2.50. The Kier molecular flexibility index (Phi) is 5.84. The second-order valence-corrected chi connectivity index (χ2v) is 5.34. The monoisotopic (exact) mass is 337 g/mol. The van der Waals surface area contributed by atoms with Gasteiger partial charge in [-0.15, -0.1) is 0 Å². The largest absolute Gasteiger partial charge is 0.417 e. The number of hydrogen-bond acceptors (Lipinski definition) is 2. The van der Waals surface area contributed by atoms with Crippen molar-refractivity contribution in [1.82, 2.24) is 0 Å². The normalized spacial score (nSPS) is 11.2. The molecule has 6 heteroatoms. The van der Waals surface area contributed by atoms with E-state index in [-0.39, 0.29) is 5.75 Å². The molecule has 2 rings (SSSR count). The van der Waals surface area contributed by atoms with Crippen molar-refractivity contribution in [2.24, 2.45) is 0 Å². The molecule has 0 unspecified atom stereocenters. The molecule has 0 radical (unpaired) electrons. The van der Waals surface area contributed by atoms with Crippen LogP contribution in [0.5, 0.6) is 5.75 Å². The Morgan fingerprint density at radius 1 is 1.04 bits per heavy atom. The first-order chi connectivity index (χ1) is 11.4. The number of carbonyl (C=O) groups is 1. The third-order valence-corrected chi connectivity index (χ3v) is 3.41. The standard InChI is InChI=1S/C18H18F3NO2/c1-2-3-4-13-5-9-15(10-6-13)22-17(23)24-16-11-7-14(8-12-16)18(19,20)21/h5-12H,2-4H2,1H3,(H,22,23). The number of carbonyl (C=O) groups excluding carboxylic acids is 1. The third kappa shape index (κ3) is 5.30. The maximum Gasteiger partial charge on any atom is 0.417 e. The summed E-state index contributed by atoms with van der Waals surface area (Å²) in [6, 6.07) is 11.3. The van der Waals surface area contributed by atoms with Crippen LogP contribution in [0.1, 0.15) is 30.9 Å². The van der Waals surface area contributed by atoms with E-state index in [1.165, 1.54) is 5.56 Å². The average molecular weight is 337 g/mol. The molecule has 0 aromatic heterocycles. The molecule has 0 aliphatic rings. The van der Waals surface area contributed by atoms with Gasteiger partial charge in [0, 0.05) is 5.69 Å². The highest BCUT2D eigenvalue weighted by atomic mass is 19.4. The highest BCUT2D eigenvalue weighted by molar-refractivity contribution is 5.86. The average Bonchev–Trinajstić information content (AvgIpc) is 2.54. The van der Waals surface area contributed by atoms with Crippen molar-refractivity contribution in [1.29, 1.82) is 0 Å².